The maximum absolute atomic E-state index is 13.8. The Kier molecular flexibility index (Phi) is 6.30. The Hall–Kier alpha value is -3.18. The van der Waals surface area contributed by atoms with Crippen LogP contribution in [0, 0.1) is 0 Å². The highest BCUT2D eigenvalue weighted by molar-refractivity contribution is 6.32. The Bertz CT molecular complexity index is 1500. The number of rotatable bonds is 4. The first-order valence-electron chi connectivity index (χ1n) is 12.8. The summed E-state index contributed by atoms with van der Waals surface area (Å²) in [6.07, 6.45) is 1.64. The maximum atomic E-state index is 13.8. The Morgan fingerprint density at radius 1 is 1.08 bits per heavy atom. The number of cyclic esters (lactones) is 1. The van der Waals surface area contributed by atoms with Crippen molar-refractivity contribution in [2.75, 3.05) is 46.4 Å². The SMILES string of the molecule is CC[C@@]1(O)C(=O)OCc2c1ccn(-c1c(Cl)nc3cc4c(cc3c1CN1CCN(C)CC1)OCCO4)c2=O. The van der Waals surface area contributed by atoms with Gasteiger partial charge in [-0.25, -0.2) is 9.78 Å². The molecule has 2 aromatic heterocycles. The first kappa shape index (κ1) is 25.1. The largest absolute Gasteiger partial charge is 0.486 e. The molecule has 0 radical (unpaired) electrons. The lowest BCUT2D eigenvalue weighted by molar-refractivity contribution is -0.172. The second kappa shape index (κ2) is 9.53. The van der Waals surface area contributed by atoms with E-state index >= 15 is 0 Å². The fraction of sp³-hybridized carbons (Fsp3) is 0.444. The van der Waals surface area contributed by atoms with Crippen LogP contribution >= 0.6 is 11.6 Å². The molecule has 0 spiro atoms. The molecule has 38 heavy (non-hydrogen) atoms. The van der Waals surface area contributed by atoms with Crippen molar-refractivity contribution in [1.29, 1.82) is 0 Å². The molecule has 1 saturated heterocycles. The Morgan fingerprint density at radius 3 is 2.50 bits per heavy atom. The molecule has 0 bridgehead atoms. The number of aliphatic hydroxyl groups is 1. The van der Waals surface area contributed by atoms with Gasteiger partial charge in [0.2, 0.25) is 0 Å². The molecule has 1 fully saturated rings. The summed E-state index contributed by atoms with van der Waals surface area (Å²) < 4.78 is 18.3. The van der Waals surface area contributed by atoms with Gasteiger partial charge in [-0.2, -0.15) is 0 Å². The van der Waals surface area contributed by atoms with E-state index in [1.165, 1.54) is 4.57 Å². The van der Waals surface area contributed by atoms with Gasteiger partial charge in [0, 0.05) is 61.5 Å². The van der Waals surface area contributed by atoms with Gasteiger partial charge in [0.25, 0.3) is 5.56 Å². The molecule has 3 aromatic rings. The third-order valence-electron chi connectivity index (χ3n) is 7.74. The number of likely N-dealkylation sites (N-methyl/N-ethyl adjacent to an activating group) is 1. The quantitative estimate of drug-likeness (QED) is 0.394. The van der Waals surface area contributed by atoms with E-state index in [2.05, 4.69) is 21.8 Å². The van der Waals surface area contributed by atoms with Gasteiger partial charge < -0.3 is 24.2 Å². The lowest BCUT2D eigenvalue weighted by atomic mass is 9.87. The van der Waals surface area contributed by atoms with Crippen molar-refractivity contribution in [2.24, 2.45) is 0 Å². The smallest absolute Gasteiger partial charge is 0.343 e. The number of ether oxygens (including phenoxy) is 3. The number of pyridine rings is 2. The number of piperazine rings is 1. The van der Waals surface area contributed by atoms with E-state index in [0.29, 0.717) is 42.5 Å². The molecule has 0 amide bonds. The topological polar surface area (TPSA) is 106 Å². The van der Waals surface area contributed by atoms with Crippen LogP contribution in [0.2, 0.25) is 5.15 Å². The monoisotopic (exact) mass is 540 g/mol. The van der Waals surface area contributed by atoms with E-state index < -0.39 is 17.1 Å². The molecular formula is C27H29ClN4O6. The maximum Gasteiger partial charge on any atom is 0.343 e. The van der Waals surface area contributed by atoms with Crippen molar-refractivity contribution >= 4 is 28.5 Å². The molecule has 5 heterocycles. The van der Waals surface area contributed by atoms with Crippen molar-refractivity contribution in [3.63, 3.8) is 0 Å². The predicted octanol–water partition coefficient (Wildman–Crippen LogP) is 2.21. The molecule has 0 unspecified atom stereocenters. The second-order valence-electron chi connectivity index (χ2n) is 10.00. The van der Waals surface area contributed by atoms with E-state index in [1.54, 1.807) is 19.2 Å². The fourth-order valence-corrected chi connectivity index (χ4v) is 5.74. The van der Waals surface area contributed by atoms with Crippen LogP contribution in [0.15, 0.2) is 29.2 Å². The minimum Gasteiger partial charge on any atom is -0.486 e. The van der Waals surface area contributed by atoms with Crippen molar-refractivity contribution in [3.05, 3.63) is 56.6 Å². The molecule has 0 saturated carbocycles. The molecule has 6 rings (SSSR count). The highest BCUT2D eigenvalue weighted by atomic mass is 35.5. The Labute approximate surface area is 224 Å². The Morgan fingerprint density at radius 2 is 1.79 bits per heavy atom. The molecule has 1 aromatic carbocycles. The number of carbonyl (C=O) groups is 1. The molecule has 1 N–H and O–H groups in total. The number of aromatic nitrogens is 2. The van der Waals surface area contributed by atoms with E-state index in [0.717, 1.165) is 37.1 Å². The average Bonchev–Trinajstić information content (AvgIpc) is 2.92. The minimum absolute atomic E-state index is 0.0857. The van der Waals surface area contributed by atoms with Crippen LogP contribution in [0.3, 0.4) is 0 Å². The van der Waals surface area contributed by atoms with Gasteiger partial charge in [0.05, 0.1) is 16.8 Å². The van der Waals surface area contributed by atoms with Gasteiger partial charge >= 0.3 is 5.97 Å². The lowest BCUT2D eigenvalue weighted by Crippen LogP contribution is -2.44. The lowest BCUT2D eigenvalue weighted by Gasteiger charge is -2.33. The highest BCUT2D eigenvalue weighted by Crippen LogP contribution is 2.39. The zero-order valence-electron chi connectivity index (χ0n) is 21.3. The summed E-state index contributed by atoms with van der Waals surface area (Å²) in [6, 6.07) is 5.33. The molecule has 0 aliphatic carbocycles. The number of benzene rings is 1. The summed E-state index contributed by atoms with van der Waals surface area (Å²) in [6.45, 7) is 6.48. The number of hydrogen-bond donors (Lipinski definition) is 1. The molecule has 3 aliphatic rings. The molecule has 3 aliphatic heterocycles. The van der Waals surface area contributed by atoms with E-state index in [-0.39, 0.29) is 29.3 Å². The van der Waals surface area contributed by atoms with Crippen LogP contribution in [0.4, 0.5) is 0 Å². The van der Waals surface area contributed by atoms with Gasteiger partial charge in [-0.3, -0.25) is 14.3 Å². The second-order valence-corrected chi connectivity index (χ2v) is 10.4. The third kappa shape index (κ3) is 4.03. The third-order valence-corrected chi connectivity index (χ3v) is 8.00. The van der Waals surface area contributed by atoms with Gasteiger partial charge in [-0.15, -0.1) is 0 Å². The number of fused-ring (bicyclic) bond motifs is 3. The van der Waals surface area contributed by atoms with Crippen LogP contribution in [-0.4, -0.2) is 76.9 Å². The summed E-state index contributed by atoms with van der Waals surface area (Å²) in [5.41, 5.74) is 0.148. The minimum atomic E-state index is -1.86. The number of esters is 1. The van der Waals surface area contributed by atoms with E-state index in [9.17, 15) is 14.7 Å². The molecule has 10 nitrogen and oxygen atoms in total. The normalized spacial score (nSPS) is 21.8. The molecular weight excluding hydrogens is 512 g/mol. The summed E-state index contributed by atoms with van der Waals surface area (Å²) >= 11 is 6.82. The van der Waals surface area contributed by atoms with Crippen molar-refractivity contribution in [2.45, 2.75) is 32.1 Å². The van der Waals surface area contributed by atoms with Gasteiger partial charge in [0.15, 0.2) is 22.3 Å². The first-order valence-corrected chi connectivity index (χ1v) is 13.2. The summed E-state index contributed by atoms with van der Waals surface area (Å²) in [4.78, 5) is 35.4. The van der Waals surface area contributed by atoms with Crippen molar-refractivity contribution in [3.8, 4) is 17.2 Å². The van der Waals surface area contributed by atoms with Gasteiger partial charge in [-0.1, -0.05) is 18.5 Å². The zero-order valence-corrected chi connectivity index (χ0v) is 22.1. The number of carbonyl (C=O) groups excluding carboxylic acids is 1. The number of nitrogens with zero attached hydrogens (tertiary/aromatic N) is 4. The number of hydrogen-bond acceptors (Lipinski definition) is 9. The first-order chi connectivity index (χ1) is 18.3. The van der Waals surface area contributed by atoms with Crippen molar-refractivity contribution in [1.82, 2.24) is 19.4 Å². The van der Waals surface area contributed by atoms with Gasteiger partial charge in [-0.05, 0) is 25.6 Å². The summed E-state index contributed by atoms with van der Waals surface area (Å²) in [5, 5.41) is 12.0. The van der Waals surface area contributed by atoms with Crippen LogP contribution in [-0.2, 0) is 28.3 Å². The van der Waals surface area contributed by atoms with E-state index in [1.807, 2.05) is 12.1 Å². The zero-order chi connectivity index (χ0) is 26.6. The van der Waals surface area contributed by atoms with Gasteiger partial charge in [0.1, 0.15) is 19.8 Å². The van der Waals surface area contributed by atoms with E-state index in [4.69, 9.17) is 25.8 Å². The average molecular weight is 541 g/mol. The number of halogens is 1. The predicted molar refractivity (Wildman–Crippen MR) is 140 cm³/mol. The van der Waals surface area contributed by atoms with Crippen LogP contribution in [0.1, 0.15) is 30.0 Å². The summed E-state index contributed by atoms with van der Waals surface area (Å²) in [5.74, 6) is 0.478. The summed E-state index contributed by atoms with van der Waals surface area (Å²) in [7, 11) is 2.10. The molecule has 11 heteroatoms. The molecule has 1 atom stereocenters. The fourth-order valence-electron chi connectivity index (χ4n) is 5.44. The highest BCUT2D eigenvalue weighted by Gasteiger charge is 2.44. The molecule has 200 valence electrons. The van der Waals surface area contributed by atoms with Crippen LogP contribution in [0.25, 0.3) is 16.6 Å². The van der Waals surface area contributed by atoms with Crippen LogP contribution in [0.5, 0.6) is 11.5 Å². The van der Waals surface area contributed by atoms with Crippen LogP contribution < -0.4 is 15.0 Å². The van der Waals surface area contributed by atoms with Crippen molar-refractivity contribution < 1.29 is 24.1 Å². The Balaban J connectivity index is 1.56. The standard InChI is InChI=1S/C27H29ClN4O6/c1-3-27(35)19-4-5-32(25(33)18(19)15-38-26(27)34)23-17(14-31-8-6-30(2)7-9-31)16-12-21-22(37-11-10-36-21)13-20(16)29-24(23)28/h4-5,12-13,35H,3,6-11,14-15H2,1-2H3/t27-/m0/s1.